The largest absolute Gasteiger partial charge is 0.464 e. The van der Waals surface area contributed by atoms with Crippen molar-refractivity contribution < 1.29 is 19.1 Å². The van der Waals surface area contributed by atoms with Crippen molar-refractivity contribution in [2.75, 3.05) is 26.3 Å². The molecule has 0 radical (unpaired) electrons. The van der Waals surface area contributed by atoms with Crippen molar-refractivity contribution in [1.29, 1.82) is 0 Å². The molecule has 1 saturated heterocycles. The first kappa shape index (κ1) is 15.8. The Morgan fingerprint density at radius 3 is 2.68 bits per heavy atom. The molecule has 1 atom stereocenters. The third-order valence-corrected chi connectivity index (χ3v) is 4.77. The van der Waals surface area contributed by atoms with Gasteiger partial charge in [-0.05, 0) is 11.6 Å². The molecular formula is C20H19NO4. The van der Waals surface area contributed by atoms with E-state index in [-0.39, 0.29) is 18.1 Å². The van der Waals surface area contributed by atoms with Crippen LogP contribution in [0, 0.1) is 0 Å². The lowest BCUT2D eigenvalue weighted by molar-refractivity contribution is -0.135. The van der Waals surface area contributed by atoms with E-state index in [0.29, 0.717) is 37.6 Å². The lowest BCUT2D eigenvalue weighted by atomic mass is 9.90. The molecule has 1 aromatic rings. The molecular weight excluding hydrogens is 318 g/mol. The number of nitrogens with zero attached hydrogens (tertiary/aromatic N) is 1. The van der Waals surface area contributed by atoms with Gasteiger partial charge in [0.05, 0.1) is 31.8 Å². The van der Waals surface area contributed by atoms with Crippen LogP contribution in [-0.2, 0) is 19.1 Å². The molecule has 1 amide bonds. The average molecular weight is 337 g/mol. The fourth-order valence-corrected chi connectivity index (χ4v) is 3.51. The highest BCUT2D eigenvalue weighted by molar-refractivity contribution is 6.10. The van der Waals surface area contributed by atoms with Crippen LogP contribution in [0.1, 0.15) is 17.9 Å². The zero-order valence-electron chi connectivity index (χ0n) is 13.8. The van der Waals surface area contributed by atoms with Crippen molar-refractivity contribution in [3.8, 4) is 0 Å². The van der Waals surface area contributed by atoms with Gasteiger partial charge < -0.3 is 14.4 Å². The maximum Gasteiger partial charge on any atom is 0.227 e. The fourth-order valence-electron chi connectivity index (χ4n) is 3.51. The number of hydrogen-bond donors (Lipinski definition) is 0. The van der Waals surface area contributed by atoms with Crippen molar-refractivity contribution in [1.82, 2.24) is 4.90 Å². The Labute approximate surface area is 146 Å². The van der Waals surface area contributed by atoms with E-state index in [1.54, 1.807) is 17.2 Å². The Morgan fingerprint density at radius 1 is 1.16 bits per heavy atom. The van der Waals surface area contributed by atoms with Crippen LogP contribution in [0.5, 0.6) is 0 Å². The first-order chi connectivity index (χ1) is 12.3. The van der Waals surface area contributed by atoms with Crippen LogP contribution >= 0.6 is 0 Å². The van der Waals surface area contributed by atoms with Gasteiger partial charge in [0.2, 0.25) is 5.91 Å². The van der Waals surface area contributed by atoms with E-state index in [9.17, 15) is 9.59 Å². The van der Waals surface area contributed by atoms with E-state index >= 15 is 0 Å². The smallest absolute Gasteiger partial charge is 0.227 e. The van der Waals surface area contributed by atoms with Crippen LogP contribution in [-0.4, -0.2) is 42.9 Å². The number of Topliss-reactive ketones (excluding diaryl/α,β-unsaturated/α-hetero) is 1. The fraction of sp³-hybridized carbons (Fsp3) is 0.300. The number of morpholine rings is 1. The number of carbonyl (C=O) groups excluding carboxylic acids is 2. The molecule has 2 heterocycles. The van der Waals surface area contributed by atoms with Crippen molar-refractivity contribution in [3.05, 3.63) is 71.2 Å². The van der Waals surface area contributed by atoms with Gasteiger partial charge in [-0.3, -0.25) is 9.59 Å². The quantitative estimate of drug-likeness (QED) is 0.849. The van der Waals surface area contributed by atoms with Gasteiger partial charge in [0, 0.05) is 24.2 Å². The summed E-state index contributed by atoms with van der Waals surface area (Å²) in [5.41, 5.74) is 2.23. The SMILES string of the molecule is O=C1C(CC(=O)N2CCOCC2)=C2OC=CC=C2C1c1ccccc1. The van der Waals surface area contributed by atoms with Crippen LogP contribution in [0.2, 0.25) is 0 Å². The normalized spacial score (nSPS) is 22.6. The summed E-state index contributed by atoms with van der Waals surface area (Å²) in [4.78, 5) is 27.4. The zero-order chi connectivity index (χ0) is 17.2. The van der Waals surface area contributed by atoms with Crippen molar-refractivity contribution >= 4 is 11.7 Å². The summed E-state index contributed by atoms with van der Waals surface area (Å²) in [5.74, 6) is 0.0553. The van der Waals surface area contributed by atoms with Gasteiger partial charge >= 0.3 is 0 Å². The van der Waals surface area contributed by atoms with Crippen molar-refractivity contribution in [2.45, 2.75) is 12.3 Å². The Balaban J connectivity index is 1.63. The standard InChI is InChI=1S/C20H19NO4/c22-17(21-8-11-24-12-9-21)13-16-19(23)18(14-5-2-1-3-6-14)15-7-4-10-25-20(15)16/h1-7,10,18H,8-9,11-13H2. The van der Waals surface area contributed by atoms with Crippen LogP contribution in [0.4, 0.5) is 0 Å². The summed E-state index contributed by atoms with van der Waals surface area (Å²) in [6.45, 7) is 2.23. The van der Waals surface area contributed by atoms with Gasteiger partial charge in [0.25, 0.3) is 0 Å². The molecule has 5 nitrogen and oxygen atoms in total. The summed E-state index contributed by atoms with van der Waals surface area (Å²) in [7, 11) is 0. The second kappa shape index (κ2) is 6.69. The molecule has 0 aromatic heterocycles. The predicted octanol–water partition coefficient (Wildman–Crippen LogP) is 2.33. The monoisotopic (exact) mass is 337 g/mol. The number of rotatable bonds is 3. The number of fused-ring (bicyclic) bond motifs is 1. The molecule has 1 fully saturated rings. The predicted molar refractivity (Wildman–Crippen MR) is 91.5 cm³/mol. The minimum absolute atomic E-state index is 0.0437. The third-order valence-electron chi connectivity index (χ3n) is 4.77. The van der Waals surface area contributed by atoms with Crippen LogP contribution < -0.4 is 0 Å². The van der Waals surface area contributed by atoms with Gasteiger partial charge in [0.1, 0.15) is 5.76 Å². The van der Waals surface area contributed by atoms with E-state index < -0.39 is 5.92 Å². The number of ether oxygens (including phenoxy) is 2. The van der Waals surface area contributed by atoms with Crippen LogP contribution in [0.3, 0.4) is 0 Å². The molecule has 25 heavy (non-hydrogen) atoms. The van der Waals surface area contributed by atoms with E-state index in [2.05, 4.69) is 0 Å². The van der Waals surface area contributed by atoms with E-state index in [4.69, 9.17) is 9.47 Å². The number of allylic oxidation sites excluding steroid dienone is 3. The number of benzene rings is 1. The highest BCUT2D eigenvalue weighted by Crippen LogP contribution is 2.43. The lowest BCUT2D eigenvalue weighted by Crippen LogP contribution is -2.41. The molecule has 2 aliphatic heterocycles. The van der Waals surface area contributed by atoms with E-state index in [0.717, 1.165) is 11.1 Å². The average Bonchev–Trinajstić information content (AvgIpc) is 2.95. The van der Waals surface area contributed by atoms with Gasteiger partial charge in [-0.1, -0.05) is 36.4 Å². The number of hydrogen-bond acceptors (Lipinski definition) is 4. The molecule has 3 aliphatic rings. The molecule has 5 heteroatoms. The maximum absolute atomic E-state index is 13.1. The lowest BCUT2D eigenvalue weighted by Gasteiger charge is -2.27. The van der Waals surface area contributed by atoms with Crippen LogP contribution in [0.25, 0.3) is 0 Å². The Morgan fingerprint density at radius 2 is 1.92 bits per heavy atom. The molecule has 0 N–H and O–H groups in total. The first-order valence-electron chi connectivity index (χ1n) is 8.47. The number of ketones is 1. The molecule has 1 aliphatic carbocycles. The molecule has 0 bridgehead atoms. The van der Waals surface area contributed by atoms with Gasteiger partial charge in [-0.25, -0.2) is 0 Å². The topological polar surface area (TPSA) is 55.8 Å². The second-order valence-electron chi connectivity index (χ2n) is 6.25. The maximum atomic E-state index is 13.1. The molecule has 0 spiro atoms. The summed E-state index contributed by atoms with van der Waals surface area (Å²) in [6.07, 6.45) is 5.32. The van der Waals surface area contributed by atoms with E-state index in [1.807, 2.05) is 36.4 Å². The second-order valence-corrected chi connectivity index (χ2v) is 6.25. The highest BCUT2D eigenvalue weighted by atomic mass is 16.5. The summed E-state index contributed by atoms with van der Waals surface area (Å²) < 4.78 is 10.9. The van der Waals surface area contributed by atoms with Crippen molar-refractivity contribution in [2.24, 2.45) is 0 Å². The van der Waals surface area contributed by atoms with Crippen molar-refractivity contribution in [3.63, 3.8) is 0 Å². The molecule has 0 saturated carbocycles. The highest BCUT2D eigenvalue weighted by Gasteiger charge is 2.41. The van der Waals surface area contributed by atoms with E-state index in [1.165, 1.54) is 0 Å². The Kier molecular flexibility index (Phi) is 4.24. The number of amides is 1. The molecule has 128 valence electrons. The van der Waals surface area contributed by atoms with Crippen LogP contribution in [0.15, 0.2) is 65.7 Å². The molecule has 1 unspecified atom stereocenters. The Bertz CT molecular complexity index is 785. The number of carbonyl (C=O) groups is 2. The summed E-state index contributed by atoms with van der Waals surface area (Å²) in [5, 5.41) is 0. The summed E-state index contributed by atoms with van der Waals surface area (Å²) >= 11 is 0. The third kappa shape index (κ3) is 2.91. The zero-order valence-corrected chi connectivity index (χ0v) is 13.8. The molecule has 4 rings (SSSR count). The minimum Gasteiger partial charge on any atom is -0.464 e. The first-order valence-corrected chi connectivity index (χ1v) is 8.47. The minimum atomic E-state index is -0.395. The van der Waals surface area contributed by atoms with Gasteiger partial charge in [0.15, 0.2) is 5.78 Å². The van der Waals surface area contributed by atoms with Gasteiger partial charge in [-0.2, -0.15) is 0 Å². The molecule has 1 aromatic carbocycles. The summed E-state index contributed by atoms with van der Waals surface area (Å²) in [6, 6.07) is 9.63. The Hall–Kier alpha value is -2.66. The van der Waals surface area contributed by atoms with Gasteiger partial charge in [-0.15, -0.1) is 0 Å².